The maximum absolute atomic E-state index is 12.2. The Labute approximate surface area is 168 Å². The fourth-order valence-corrected chi connectivity index (χ4v) is 2.62. The molecule has 0 radical (unpaired) electrons. The van der Waals surface area contributed by atoms with Crippen LogP contribution in [0.1, 0.15) is 18.9 Å². The first-order valence-corrected chi connectivity index (χ1v) is 9.49. The average Bonchev–Trinajstić information content (AvgIpc) is 2.67. The Kier molecular flexibility index (Phi) is 8.07. The molecule has 0 spiro atoms. The fourth-order valence-electron chi connectivity index (χ4n) is 2.24. The number of hydrogen-bond donors (Lipinski definition) is 1. The number of rotatable bonds is 8. The van der Waals surface area contributed by atoms with Gasteiger partial charge in [0.1, 0.15) is 5.75 Å². The third-order valence-corrected chi connectivity index (χ3v) is 4.37. The van der Waals surface area contributed by atoms with E-state index in [2.05, 4.69) is 28.2 Å². The summed E-state index contributed by atoms with van der Waals surface area (Å²) in [6.45, 7) is 2.70. The standard InChI is InChI=1S/C21H23BrN2O3/c1-3-14-27-17-11-8-16(9-12-17)10-13-21(26)24(2)15-20(25)23-19-7-5-4-6-18(19)22/h4-13H,3,14-15H2,1-2H3,(H,23,25)/b13-10+. The first-order valence-electron chi connectivity index (χ1n) is 8.70. The van der Waals surface area contributed by atoms with Gasteiger partial charge in [0.05, 0.1) is 18.8 Å². The van der Waals surface area contributed by atoms with E-state index in [0.717, 1.165) is 22.2 Å². The predicted molar refractivity (Wildman–Crippen MR) is 112 cm³/mol. The molecule has 0 bridgehead atoms. The number of benzene rings is 2. The highest BCUT2D eigenvalue weighted by Crippen LogP contribution is 2.21. The van der Waals surface area contributed by atoms with Gasteiger partial charge in [-0.15, -0.1) is 0 Å². The molecule has 1 N–H and O–H groups in total. The zero-order chi connectivity index (χ0) is 19.6. The Morgan fingerprint density at radius 3 is 2.52 bits per heavy atom. The number of anilines is 1. The van der Waals surface area contributed by atoms with E-state index in [-0.39, 0.29) is 18.4 Å². The van der Waals surface area contributed by atoms with Crippen LogP contribution in [0.2, 0.25) is 0 Å². The van der Waals surface area contributed by atoms with Crippen molar-refractivity contribution in [3.63, 3.8) is 0 Å². The van der Waals surface area contributed by atoms with E-state index in [1.54, 1.807) is 19.2 Å². The van der Waals surface area contributed by atoms with Crippen LogP contribution >= 0.6 is 15.9 Å². The number of nitrogens with one attached hydrogen (secondary N) is 1. The van der Waals surface area contributed by atoms with Crippen molar-refractivity contribution in [1.29, 1.82) is 0 Å². The van der Waals surface area contributed by atoms with Crippen LogP contribution in [0.25, 0.3) is 6.08 Å². The van der Waals surface area contributed by atoms with E-state index in [1.807, 2.05) is 42.5 Å². The van der Waals surface area contributed by atoms with Gasteiger partial charge in [0, 0.05) is 17.6 Å². The van der Waals surface area contributed by atoms with E-state index >= 15 is 0 Å². The molecule has 0 fully saturated rings. The molecule has 2 aromatic rings. The number of nitrogens with zero attached hydrogens (tertiary/aromatic N) is 1. The molecule has 0 aliphatic rings. The van der Waals surface area contributed by atoms with Gasteiger partial charge in [-0.25, -0.2) is 0 Å². The number of hydrogen-bond acceptors (Lipinski definition) is 3. The highest BCUT2D eigenvalue weighted by atomic mass is 79.9. The highest BCUT2D eigenvalue weighted by molar-refractivity contribution is 9.10. The first kappa shape index (κ1) is 20.7. The van der Waals surface area contributed by atoms with Crippen LogP contribution in [0.3, 0.4) is 0 Å². The van der Waals surface area contributed by atoms with E-state index in [9.17, 15) is 9.59 Å². The summed E-state index contributed by atoms with van der Waals surface area (Å²) >= 11 is 3.37. The monoisotopic (exact) mass is 430 g/mol. The molecular formula is C21H23BrN2O3. The van der Waals surface area contributed by atoms with Gasteiger partial charge >= 0.3 is 0 Å². The van der Waals surface area contributed by atoms with Crippen molar-refractivity contribution in [3.8, 4) is 5.75 Å². The normalized spacial score (nSPS) is 10.6. The average molecular weight is 431 g/mol. The third-order valence-electron chi connectivity index (χ3n) is 3.68. The van der Waals surface area contributed by atoms with Gasteiger partial charge in [0.15, 0.2) is 0 Å². The van der Waals surface area contributed by atoms with Crippen LogP contribution in [-0.4, -0.2) is 36.9 Å². The Morgan fingerprint density at radius 2 is 1.85 bits per heavy atom. The smallest absolute Gasteiger partial charge is 0.246 e. The Bertz CT molecular complexity index is 803. The molecule has 0 unspecified atom stereocenters. The molecule has 142 valence electrons. The molecule has 2 aromatic carbocycles. The Morgan fingerprint density at radius 1 is 1.15 bits per heavy atom. The van der Waals surface area contributed by atoms with Crippen LogP contribution in [0.5, 0.6) is 5.75 Å². The second-order valence-corrected chi connectivity index (χ2v) is 6.83. The lowest BCUT2D eigenvalue weighted by Crippen LogP contribution is -2.33. The quantitative estimate of drug-likeness (QED) is 0.633. The summed E-state index contributed by atoms with van der Waals surface area (Å²) in [5.74, 6) is 0.299. The number of halogens is 1. The lowest BCUT2D eigenvalue weighted by atomic mass is 10.2. The van der Waals surface area contributed by atoms with Crippen molar-refractivity contribution in [1.82, 2.24) is 4.90 Å². The van der Waals surface area contributed by atoms with Crippen LogP contribution < -0.4 is 10.1 Å². The van der Waals surface area contributed by atoms with E-state index in [0.29, 0.717) is 12.3 Å². The van der Waals surface area contributed by atoms with Gasteiger partial charge in [-0.2, -0.15) is 0 Å². The molecule has 0 aliphatic carbocycles. The first-order chi connectivity index (χ1) is 13.0. The molecular weight excluding hydrogens is 408 g/mol. The van der Waals surface area contributed by atoms with Gasteiger partial charge in [-0.05, 0) is 58.3 Å². The summed E-state index contributed by atoms with van der Waals surface area (Å²) in [5, 5.41) is 2.78. The van der Waals surface area contributed by atoms with Crippen LogP contribution in [0.4, 0.5) is 5.69 Å². The van der Waals surface area contributed by atoms with Gasteiger partial charge in [-0.1, -0.05) is 31.2 Å². The molecule has 2 rings (SSSR count). The lowest BCUT2D eigenvalue weighted by Gasteiger charge is -2.15. The SMILES string of the molecule is CCCOc1ccc(/C=C/C(=O)N(C)CC(=O)Nc2ccccc2Br)cc1. The molecule has 0 saturated heterocycles. The number of para-hydroxylation sites is 1. The minimum atomic E-state index is -0.261. The maximum Gasteiger partial charge on any atom is 0.246 e. The Balaban J connectivity index is 1.86. The van der Waals surface area contributed by atoms with Crippen molar-refractivity contribution in [2.24, 2.45) is 0 Å². The third kappa shape index (κ3) is 6.90. The van der Waals surface area contributed by atoms with Gasteiger partial charge in [0.25, 0.3) is 0 Å². The zero-order valence-electron chi connectivity index (χ0n) is 15.4. The summed E-state index contributed by atoms with van der Waals surface area (Å²) in [6.07, 6.45) is 4.12. The molecule has 0 heterocycles. The number of likely N-dealkylation sites (N-methyl/N-ethyl adjacent to an activating group) is 1. The van der Waals surface area contributed by atoms with Crippen LogP contribution in [-0.2, 0) is 9.59 Å². The van der Waals surface area contributed by atoms with Gasteiger partial charge in [0.2, 0.25) is 11.8 Å². The minimum absolute atomic E-state index is 0.0334. The summed E-state index contributed by atoms with van der Waals surface area (Å²) < 4.78 is 6.32. The number of ether oxygens (including phenoxy) is 1. The zero-order valence-corrected chi connectivity index (χ0v) is 17.0. The predicted octanol–water partition coefficient (Wildman–Crippen LogP) is 4.35. The van der Waals surface area contributed by atoms with E-state index in [1.165, 1.54) is 11.0 Å². The summed E-state index contributed by atoms with van der Waals surface area (Å²) in [5.41, 5.74) is 1.56. The number of amides is 2. The highest BCUT2D eigenvalue weighted by Gasteiger charge is 2.11. The van der Waals surface area contributed by atoms with Gasteiger partial charge < -0.3 is 15.0 Å². The molecule has 0 saturated carbocycles. The van der Waals surface area contributed by atoms with E-state index in [4.69, 9.17) is 4.74 Å². The second kappa shape index (κ2) is 10.5. The second-order valence-electron chi connectivity index (χ2n) is 5.97. The van der Waals surface area contributed by atoms with Crippen molar-refractivity contribution in [3.05, 3.63) is 64.6 Å². The largest absolute Gasteiger partial charge is 0.494 e. The molecule has 0 atom stereocenters. The molecule has 5 nitrogen and oxygen atoms in total. The number of carbonyl (C=O) groups excluding carboxylic acids is 2. The molecule has 0 aromatic heterocycles. The van der Waals surface area contributed by atoms with Crippen molar-refractivity contribution in [2.45, 2.75) is 13.3 Å². The summed E-state index contributed by atoms with van der Waals surface area (Å²) in [6, 6.07) is 14.8. The number of carbonyl (C=O) groups is 2. The summed E-state index contributed by atoms with van der Waals surface area (Å²) in [4.78, 5) is 25.7. The fraction of sp³-hybridized carbons (Fsp3) is 0.238. The summed E-state index contributed by atoms with van der Waals surface area (Å²) in [7, 11) is 1.59. The van der Waals surface area contributed by atoms with Crippen molar-refractivity contribution in [2.75, 3.05) is 25.5 Å². The molecule has 6 heteroatoms. The van der Waals surface area contributed by atoms with Crippen molar-refractivity contribution < 1.29 is 14.3 Å². The maximum atomic E-state index is 12.2. The Hall–Kier alpha value is -2.60. The van der Waals surface area contributed by atoms with E-state index < -0.39 is 0 Å². The lowest BCUT2D eigenvalue weighted by molar-refractivity contribution is -0.129. The molecule has 2 amide bonds. The molecule has 27 heavy (non-hydrogen) atoms. The van der Waals surface area contributed by atoms with Crippen molar-refractivity contribution >= 4 is 39.5 Å². The van der Waals surface area contributed by atoms with Gasteiger partial charge in [-0.3, -0.25) is 9.59 Å². The van der Waals surface area contributed by atoms with Crippen LogP contribution in [0, 0.1) is 0 Å². The topological polar surface area (TPSA) is 58.6 Å². The molecule has 0 aliphatic heterocycles. The van der Waals surface area contributed by atoms with Crippen LogP contribution in [0.15, 0.2) is 59.1 Å². The minimum Gasteiger partial charge on any atom is -0.494 e.